The summed E-state index contributed by atoms with van der Waals surface area (Å²) in [5.74, 6) is -8.94. The molecule has 0 heterocycles. The van der Waals surface area contributed by atoms with Gasteiger partial charge >= 0.3 is 12.0 Å². The largest absolute Gasteiger partial charge is 0.444 e. The van der Waals surface area contributed by atoms with Crippen LogP contribution < -0.4 is 16.0 Å². The van der Waals surface area contributed by atoms with E-state index in [0.717, 1.165) is 5.56 Å². The third kappa shape index (κ3) is 10.7. The number of ether oxygens (including phenoxy) is 1. The molecule has 0 saturated carbocycles. The zero-order valence-electron chi connectivity index (χ0n) is 22.1. The van der Waals surface area contributed by atoms with Crippen LogP contribution in [-0.2, 0) is 25.7 Å². The van der Waals surface area contributed by atoms with Crippen LogP contribution in [0.1, 0.15) is 60.5 Å². The van der Waals surface area contributed by atoms with Gasteiger partial charge in [0.05, 0.1) is 12.6 Å². The maximum Gasteiger partial charge on any atom is 0.408 e. The topological polar surface area (TPSA) is 114 Å². The number of hydrogen-bond acceptors (Lipinski definition) is 5. The highest BCUT2D eigenvalue weighted by molar-refractivity contribution is 6.01. The summed E-state index contributed by atoms with van der Waals surface area (Å²) in [5, 5.41) is 6.92. The van der Waals surface area contributed by atoms with Gasteiger partial charge in [0, 0.05) is 6.54 Å². The zero-order valence-corrected chi connectivity index (χ0v) is 22.1. The number of nitrogens with one attached hydrogen (secondary N) is 3. The molecule has 0 aliphatic heterocycles. The van der Waals surface area contributed by atoms with Crippen LogP contribution in [-0.4, -0.2) is 47.8 Å². The summed E-state index contributed by atoms with van der Waals surface area (Å²) in [6.45, 7) is 10.4. The van der Waals surface area contributed by atoms with Crippen molar-refractivity contribution in [1.82, 2.24) is 16.0 Å². The molecule has 36 heavy (non-hydrogen) atoms. The number of Topliss-reactive ketones (excluding diaryl/α,β-unsaturated/α-hetero) is 1. The van der Waals surface area contributed by atoms with Gasteiger partial charge < -0.3 is 20.7 Å². The number of halogens is 2. The average molecular weight is 512 g/mol. The summed E-state index contributed by atoms with van der Waals surface area (Å²) in [4.78, 5) is 50.1. The fourth-order valence-electron chi connectivity index (χ4n) is 3.42. The number of amides is 3. The van der Waals surface area contributed by atoms with E-state index in [1.165, 1.54) is 0 Å². The van der Waals surface area contributed by atoms with Crippen LogP contribution in [0.15, 0.2) is 30.3 Å². The molecule has 0 aliphatic carbocycles. The molecular formula is C26H39F2N3O5. The number of carbonyl (C=O) groups is 4. The summed E-state index contributed by atoms with van der Waals surface area (Å²) in [5.41, 5.74) is -0.0570. The van der Waals surface area contributed by atoms with Crippen molar-refractivity contribution in [3.63, 3.8) is 0 Å². The van der Waals surface area contributed by atoms with Gasteiger partial charge in [-0.05, 0) is 44.6 Å². The molecule has 2 unspecified atom stereocenters. The normalized spacial score (nSPS) is 13.6. The predicted molar refractivity (Wildman–Crippen MR) is 132 cm³/mol. The minimum Gasteiger partial charge on any atom is -0.444 e. The highest BCUT2D eigenvalue weighted by Gasteiger charge is 2.45. The Morgan fingerprint density at radius 1 is 0.917 bits per heavy atom. The van der Waals surface area contributed by atoms with E-state index in [1.54, 1.807) is 72.7 Å². The van der Waals surface area contributed by atoms with Crippen molar-refractivity contribution in [2.45, 2.75) is 79.0 Å². The van der Waals surface area contributed by atoms with Crippen LogP contribution in [0.4, 0.5) is 13.6 Å². The van der Waals surface area contributed by atoms with Crippen molar-refractivity contribution < 1.29 is 32.7 Å². The molecule has 3 N–H and O–H groups in total. The molecule has 202 valence electrons. The molecule has 2 atom stereocenters. The lowest BCUT2D eigenvalue weighted by Crippen LogP contribution is -2.54. The highest BCUT2D eigenvalue weighted by Crippen LogP contribution is 2.21. The molecule has 0 fully saturated rings. The fourth-order valence-corrected chi connectivity index (χ4v) is 3.42. The van der Waals surface area contributed by atoms with Crippen LogP contribution in [0.5, 0.6) is 0 Å². The highest BCUT2D eigenvalue weighted by atomic mass is 19.3. The molecule has 0 saturated heterocycles. The molecule has 0 spiro atoms. The minimum absolute atomic E-state index is 0.0435. The maximum atomic E-state index is 14.8. The van der Waals surface area contributed by atoms with Crippen LogP contribution in [0.2, 0.25) is 0 Å². The van der Waals surface area contributed by atoms with Gasteiger partial charge in [0.2, 0.25) is 17.6 Å². The second-order valence-corrected chi connectivity index (χ2v) is 10.5. The average Bonchev–Trinajstić information content (AvgIpc) is 2.74. The number of hydrogen-bond donors (Lipinski definition) is 3. The second kappa shape index (κ2) is 13.3. The monoisotopic (exact) mass is 511 g/mol. The Bertz CT molecular complexity index is 899. The van der Waals surface area contributed by atoms with Gasteiger partial charge in [0.15, 0.2) is 0 Å². The smallest absolute Gasteiger partial charge is 0.408 e. The minimum atomic E-state index is -3.98. The first-order chi connectivity index (χ1) is 16.5. The molecule has 8 nitrogen and oxygen atoms in total. The molecule has 0 aromatic heterocycles. The molecule has 0 aliphatic rings. The van der Waals surface area contributed by atoms with E-state index in [4.69, 9.17) is 4.74 Å². The first-order valence-electron chi connectivity index (χ1n) is 12.0. The Kier molecular flexibility index (Phi) is 11.5. The van der Waals surface area contributed by atoms with Crippen molar-refractivity contribution in [3.8, 4) is 0 Å². The number of ketones is 1. The van der Waals surface area contributed by atoms with E-state index in [1.807, 2.05) is 11.4 Å². The molecule has 1 rings (SSSR count). The van der Waals surface area contributed by atoms with E-state index < -0.39 is 59.6 Å². The van der Waals surface area contributed by atoms with Gasteiger partial charge in [-0.2, -0.15) is 8.78 Å². The summed E-state index contributed by atoms with van der Waals surface area (Å²) in [6.07, 6.45) is -1.03. The van der Waals surface area contributed by atoms with Crippen molar-refractivity contribution >= 4 is 23.7 Å². The van der Waals surface area contributed by atoms with E-state index in [-0.39, 0.29) is 18.9 Å². The third-order valence-electron chi connectivity index (χ3n) is 5.10. The Morgan fingerprint density at radius 3 is 1.97 bits per heavy atom. The van der Waals surface area contributed by atoms with Crippen molar-refractivity contribution in [3.05, 3.63) is 35.9 Å². The van der Waals surface area contributed by atoms with Crippen LogP contribution in [0.3, 0.4) is 0 Å². The predicted octanol–water partition coefficient (Wildman–Crippen LogP) is 3.84. The molecular weight excluding hydrogens is 472 g/mol. The van der Waals surface area contributed by atoms with Gasteiger partial charge in [0.25, 0.3) is 0 Å². The lowest BCUT2D eigenvalue weighted by molar-refractivity contribution is -0.147. The number of carbonyl (C=O) groups excluding carboxylic acids is 4. The Morgan fingerprint density at radius 2 is 1.47 bits per heavy atom. The van der Waals surface area contributed by atoms with Crippen LogP contribution in [0, 0.1) is 17.8 Å². The van der Waals surface area contributed by atoms with E-state index in [2.05, 4.69) is 10.6 Å². The molecule has 1 aromatic rings. The number of alkyl carbamates (subject to hydrolysis) is 1. The first kappa shape index (κ1) is 31.0. The van der Waals surface area contributed by atoms with E-state index in [9.17, 15) is 28.0 Å². The standard InChI is InChI=1S/C26H39F2N3O5/c1-16(2)13-19(31-24(35)36-25(5,6)7)21(32)26(27,28)15-30-23(34)20(17(3)4)22(33)29-14-18-11-9-8-10-12-18/h8-12,16-17,19-20H,13-15H2,1-7H3,(H,29,33)(H,30,34)(H,31,35). The van der Waals surface area contributed by atoms with Gasteiger partial charge in [-0.3, -0.25) is 14.4 Å². The zero-order chi connectivity index (χ0) is 27.7. The third-order valence-corrected chi connectivity index (χ3v) is 5.10. The Balaban J connectivity index is 2.85. The first-order valence-corrected chi connectivity index (χ1v) is 12.0. The van der Waals surface area contributed by atoms with Crippen molar-refractivity contribution in [2.75, 3.05) is 6.54 Å². The van der Waals surface area contributed by atoms with E-state index >= 15 is 0 Å². The molecule has 3 amide bonds. The molecule has 0 radical (unpaired) electrons. The quantitative estimate of drug-likeness (QED) is 0.369. The van der Waals surface area contributed by atoms with Crippen LogP contribution in [0.25, 0.3) is 0 Å². The number of rotatable bonds is 12. The van der Waals surface area contributed by atoms with Gasteiger partial charge in [-0.15, -0.1) is 0 Å². The van der Waals surface area contributed by atoms with Crippen molar-refractivity contribution in [1.29, 1.82) is 0 Å². The van der Waals surface area contributed by atoms with Gasteiger partial charge in [-0.1, -0.05) is 58.0 Å². The molecule has 10 heteroatoms. The molecule has 0 bridgehead atoms. The summed E-state index contributed by atoms with van der Waals surface area (Å²) in [6, 6.07) is 7.52. The maximum absolute atomic E-state index is 14.8. The fraction of sp³-hybridized carbons (Fsp3) is 0.615. The number of alkyl halides is 2. The lowest BCUT2D eigenvalue weighted by Gasteiger charge is -2.27. The lowest BCUT2D eigenvalue weighted by atomic mass is 9.93. The number of benzene rings is 1. The van der Waals surface area contributed by atoms with Crippen LogP contribution >= 0.6 is 0 Å². The summed E-state index contributed by atoms with van der Waals surface area (Å²) < 4.78 is 34.8. The van der Waals surface area contributed by atoms with Gasteiger partial charge in [-0.25, -0.2) is 4.79 Å². The Hall–Kier alpha value is -3.04. The van der Waals surface area contributed by atoms with E-state index in [0.29, 0.717) is 0 Å². The summed E-state index contributed by atoms with van der Waals surface area (Å²) in [7, 11) is 0. The summed E-state index contributed by atoms with van der Waals surface area (Å²) >= 11 is 0. The van der Waals surface area contributed by atoms with Crippen molar-refractivity contribution in [2.24, 2.45) is 17.8 Å². The molecule has 1 aromatic carbocycles. The second-order valence-electron chi connectivity index (χ2n) is 10.5. The van der Waals surface area contributed by atoms with Gasteiger partial charge in [0.1, 0.15) is 11.5 Å². The Labute approximate surface area is 211 Å². The SMILES string of the molecule is CC(C)CC(NC(=O)OC(C)(C)C)C(=O)C(F)(F)CNC(=O)C(C(=O)NCc1ccccc1)C(C)C.